The SMILES string of the molecule is COc1ccccc1CSc1nnc(Cc2ccccc2)n1-c1ccccc1C. The minimum Gasteiger partial charge on any atom is -0.496 e. The molecule has 1 aromatic heterocycles. The first-order chi connectivity index (χ1) is 14.3. The Bertz CT molecular complexity index is 1090. The van der Waals surface area contributed by atoms with E-state index in [9.17, 15) is 0 Å². The first kappa shape index (κ1) is 19.3. The van der Waals surface area contributed by atoms with Crippen LogP contribution in [0.1, 0.15) is 22.5 Å². The van der Waals surface area contributed by atoms with Gasteiger partial charge in [-0.05, 0) is 30.2 Å². The fourth-order valence-electron chi connectivity index (χ4n) is 3.31. The van der Waals surface area contributed by atoms with Gasteiger partial charge in [0.2, 0.25) is 0 Å². The summed E-state index contributed by atoms with van der Waals surface area (Å²) >= 11 is 1.67. The van der Waals surface area contributed by atoms with Crippen molar-refractivity contribution < 1.29 is 4.74 Å². The Morgan fingerprint density at radius 2 is 1.59 bits per heavy atom. The van der Waals surface area contributed by atoms with Gasteiger partial charge in [-0.15, -0.1) is 10.2 Å². The summed E-state index contributed by atoms with van der Waals surface area (Å²) in [5, 5.41) is 9.97. The lowest BCUT2D eigenvalue weighted by Gasteiger charge is -2.13. The molecule has 0 bridgehead atoms. The molecule has 0 unspecified atom stereocenters. The maximum atomic E-state index is 5.50. The third kappa shape index (κ3) is 4.35. The number of rotatable bonds is 7. The molecule has 0 atom stereocenters. The zero-order valence-electron chi connectivity index (χ0n) is 16.6. The molecule has 0 radical (unpaired) electrons. The normalized spacial score (nSPS) is 10.8. The van der Waals surface area contributed by atoms with Crippen molar-refractivity contribution in [3.05, 3.63) is 101 Å². The smallest absolute Gasteiger partial charge is 0.196 e. The summed E-state index contributed by atoms with van der Waals surface area (Å²) in [6, 6.07) is 26.9. The topological polar surface area (TPSA) is 39.9 Å². The molecule has 0 aliphatic carbocycles. The van der Waals surface area contributed by atoms with Gasteiger partial charge >= 0.3 is 0 Å². The number of benzene rings is 3. The Balaban J connectivity index is 1.69. The molecule has 0 N–H and O–H groups in total. The van der Waals surface area contributed by atoms with E-state index in [0.29, 0.717) is 0 Å². The number of hydrogen-bond donors (Lipinski definition) is 0. The van der Waals surface area contributed by atoms with E-state index in [4.69, 9.17) is 4.74 Å². The van der Waals surface area contributed by atoms with Crippen LogP contribution in [0.5, 0.6) is 5.75 Å². The summed E-state index contributed by atoms with van der Waals surface area (Å²) in [6.45, 7) is 2.12. The summed E-state index contributed by atoms with van der Waals surface area (Å²) in [7, 11) is 1.71. The highest BCUT2D eigenvalue weighted by atomic mass is 32.2. The van der Waals surface area contributed by atoms with Gasteiger partial charge in [0, 0.05) is 17.7 Å². The molecular formula is C24H23N3OS. The molecule has 0 fully saturated rings. The Hall–Kier alpha value is -3.05. The molecule has 1 heterocycles. The molecule has 4 rings (SSSR count). The van der Waals surface area contributed by atoms with Crippen LogP contribution < -0.4 is 4.74 Å². The van der Waals surface area contributed by atoms with Crippen LogP contribution in [0.2, 0.25) is 0 Å². The van der Waals surface area contributed by atoms with Crippen molar-refractivity contribution in [3.63, 3.8) is 0 Å². The summed E-state index contributed by atoms with van der Waals surface area (Å²) in [6.07, 6.45) is 0.734. The zero-order valence-corrected chi connectivity index (χ0v) is 17.4. The zero-order chi connectivity index (χ0) is 20.1. The van der Waals surface area contributed by atoms with Gasteiger partial charge < -0.3 is 4.74 Å². The molecule has 0 amide bonds. The molecule has 0 saturated carbocycles. The maximum Gasteiger partial charge on any atom is 0.196 e. The average Bonchev–Trinajstić information content (AvgIpc) is 3.15. The van der Waals surface area contributed by atoms with Gasteiger partial charge in [-0.2, -0.15) is 0 Å². The fourth-order valence-corrected chi connectivity index (χ4v) is 4.26. The van der Waals surface area contributed by atoms with Gasteiger partial charge in [0.25, 0.3) is 0 Å². The van der Waals surface area contributed by atoms with Crippen molar-refractivity contribution in [2.75, 3.05) is 7.11 Å². The predicted octanol–water partition coefficient (Wildman–Crippen LogP) is 5.47. The molecule has 3 aromatic carbocycles. The molecule has 5 heteroatoms. The van der Waals surface area contributed by atoms with E-state index in [1.807, 2.05) is 24.3 Å². The molecule has 0 aliphatic rings. The van der Waals surface area contributed by atoms with E-state index >= 15 is 0 Å². The Morgan fingerprint density at radius 1 is 0.862 bits per heavy atom. The summed E-state index contributed by atoms with van der Waals surface area (Å²) in [5.41, 5.74) is 4.67. The first-order valence-electron chi connectivity index (χ1n) is 9.55. The monoisotopic (exact) mass is 401 g/mol. The standard InChI is InChI=1S/C24H23N3OS/c1-18-10-6-8-14-21(18)27-23(16-19-11-4-3-5-12-19)25-26-24(27)29-17-20-13-7-9-15-22(20)28-2/h3-15H,16-17H2,1-2H3. The van der Waals surface area contributed by atoms with Gasteiger partial charge in [0.15, 0.2) is 5.16 Å². The van der Waals surface area contributed by atoms with E-state index in [0.717, 1.165) is 40.2 Å². The van der Waals surface area contributed by atoms with E-state index in [1.54, 1.807) is 18.9 Å². The van der Waals surface area contributed by atoms with Crippen LogP contribution in [-0.2, 0) is 12.2 Å². The molecule has 29 heavy (non-hydrogen) atoms. The van der Waals surface area contributed by atoms with Crippen molar-refractivity contribution in [3.8, 4) is 11.4 Å². The Labute approximate surface area is 175 Å². The second-order valence-electron chi connectivity index (χ2n) is 6.78. The molecule has 4 aromatic rings. The first-order valence-corrected chi connectivity index (χ1v) is 10.5. The third-order valence-electron chi connectivity index (χ3n) is 4.81. The number of para-hydroxylation sites is 2. The van der Waals surface area contributed by atoms with Crippen molar-refractivity contribution in [1.29, 1.82) is 0 Å². The number of methoxy groups -OCH3 is 1. The number of hydrogen-bond acceptors (Lipinski definition) is 4. The van der Waals surface area contributed by atoms with E-state index in [2.05, 4.69) is 76.3 Å². The summed E-state index contributed by atoms with van der Waals surface area (Å²) in [4.78, 5) is 0. The highest BCUT2D eigenvalue weighted by Gasteiger charge is 2.17. The van der Waals surface area contributed by atoms with Gasteiger partial charge in [-0.3, -0.25) is 4.57 Å². The highest BCUT2D eigenvalue weighted by Crippen LogP contribution is 2.30. The molecule has 146 valence electrons. The van der Waals surface area contributed by atoms with Gasteiger partial charge in [-0.25, -0.2) is 0 Å². The molecule has 0 saturated heterocycles. The quantitative estimate of drug-likeness (QED) is 0.385. The lowest BCUT2D eigenvalue weighted by Crippen LogP contribution is -2.05. The maximum absolute atomic E-state index is 5.50. The lowest BCUT2D eigenvalue weighted by molar-refractivity contribution is 0.411. The molecular weight excluding hydrogens is 378 g/mol. The minimum atomic E-state index is 0.734. The van der Waals surface area contributed by atoms with Crippen LogP contribution >= 0.6 is 11.8 Å². The van der Waals surface area contributed by atoms with Crippen molar-refractivity contribution in [2.45, 2.75) is 24.3 Å². The number of nitrogens with zero attached hydrogens (tertiary/aromatic N) is 3. The highest BCUT2D eigenvalue weighted by molar-refractivity contribution is 7.98. The van der Waals surface area contributed by atoms with Crippen molar-refractivity contribution in [1.82, 2.24) is 14.8 Å². The van der Waals surface area contributed by atoms with Gasteiger partial charge in [0.1, 0.15) is 11.6 Å². The summed E-state index contributed by atoms with van der Waals surface area (Å²) < 4.78 is 7.68. The molecule has 4 nitrogen and oxygen atoms in total. The third-order valence-corrected chi connectivity index (χ3v) is 5.79. The van der Waals surface area contributed by atoms with Crippen LogP contribution in [0.15, 0.2) is 84.0 Å². The van der Waals surface area contributed by atoms with Crippen molar-refractivity contribution in [2.24, 2.45) is 0 Å². The molecule has 0 spiro atoms. The van der Waals surface area contributed by atoms with E-state index < -0.39 is 0 Å². The Kier molecular flexibility index (Phi) is 5.96. The largest absolute Gasteiger partial charge is 0.496 e. The number of ether oxygens (including phenoxy) is 1. The van der Waals surface area contributed by atoms with Crippen molar-refractivity contribution >= 4 is 11.8 Å². The van der Waals surface area contributed by atoms with Crippen LogP contribution in [0.25, 0.3) is 5.69 Å². The average molecular weight is 402 g/mol. The van der Waals surface area contributed by atoms with E-state index in [-0.39, 0.29) is 0 Å². The van der Waals surface area contributed by atoms with Crippen LogP contribution in [-0.4, -0.2) is 21.9 Å². The fraction of sp³-hybridized carbons (Fsp3) is 0.167. The summed E-state index contributed by atoms with van der Waals surface area (Å²) in [5.74, 6) is 2.60. The van der Waals surface area contributed by atoms with Gasteiger partial charge in [-0.1, -0.05) is 78.5 Å². The number of aromatic nitrogens is 3. The second kappa shape index (κ2) is 8.97. The second-order valence-corrected chi connectivity index (χ2v) is 7.73. The minimum absolute atomic E-state index is 0.734. The Morgan fingerprint density at radius 3 is 2.38 bits per heavy atom. The van der Waals surface area contributed by atoms with Gasteiger partial charge in [0.05, 0.1) is 12.8 Å². The van der Waals surface area contributed by atoms with Crippen LogP contribution in [0.4, 0.5) is 0 Å². The molecule has 0 aliphatic heterocycles. The number of thioether (sulfide) groups is 1. The predicted molar refractivity (Wildman–Crippen MR) is 118 cm³/mol. The lowest BCUT2D eigenvalue weighted by atomic mass is 10.1. The van der Waals surface area contributed by atoms with E-state index in [1.165, 1.54) is 11.1 Å². The van der Waals surface area contributed by atoms with Crippen LogP contribution in [0.3, 0.4) is 0 Å². The van der Waals surface area contributed by atoms with Crippen LogP contribution in [0, 0.1) is 6.92 Å². The number of aryl methyl sites for hydroxylation is 1.